The molecule has 0 radical (unpaired) electrons. The Kier molecular flexibility index (Phi) is 6.03. The lowest BCUT2D eigenvalue weighted by molar-refractivity contribution is -0.138. The van der Waals surface area contributed by atoms with Gasteiger partial charge in [0.05, 0.1) is 0 Å². The molecular formula is C15H22N2O3. The Labute approximate surface area is 119 Å². The van der Waals surface area contributed by atoms with Gasteiger partial charge in [0.25, 0.3) is 5.91 Å². The van der Waals surface area contributed by atoms with Crippen LogP contribution < -0.4 is 10.2 Å². The zero-order valence-corrected chi connectivity index (χ0v) is 12.2. The van der Waals surface area contributed by atoms with E-state index in [0.717, 1.165) is 25.1 Å². The molecule has 110 valence electrons. The fraction of sp³-hybridized carbons (Fsp3) is 0.467. The first kappa shape index (κ1) is 16.0. The van der Waals surface area contributed by atoms with Crippen molar-refractivity contribution in [1.29, 1.82) is 0 Å². The van der Waals surface area contributed by atoms with Crippen LogP contribution in [0.25, 0.3) is 0 Å². The van der Waals surface area contributed by atoms with Crippen molar-refractivity contribution in [2.75, 3.05) is 18.5 Å². The molecule has 0 aromatic heterocycles. The van der Waals surface area contributed by atoms with Crippen molar-refractivity contribution in [3.05, 3.63) is 29.8 Å². The van der Waals surface area contributed by atoms with E-state index < -0.39 is 12.0 Å². The first-order chi connectivity index (χ1) is 9.45. The third kappa shape index (κ3) is 4.57. The Morgan fingerprint density at radius 3 is 2.40 bits per heavy atom. The molecule has 0 saturated carbocycles. The Bertz CT molecular complexity index is 457. The van der Waals surface area contributed by atoms with Crippen LogP contribution in [0.2, 0.25) is 0 Å². The number of amides is 1. The van der Waals surface area contributed by atoms with E-state index in [9.17, 15) is 9.59 Å². The molecule has 5 nitrogen and oxygen atoms in total. The molecule has 1 aromatic carbocycles. The number of nitrogens with zero attached hydrogens (tertiary/aromatic N) is 1. The molecular weight excluding hydrogens is 256 g/mol. The van der Waals surface area contributed by atoms with E-state index >= 15 is 0 Å². The number of carbonyl (C=O) groups is 2. The van der Waals surface area contributed by atoms with Crippen LogP contribution in [0.1, 0.15) is 37.0 Å². The van der Waals surface area contributed by atoms with Gasteiger partial charge >= 0.3 is 5.97 Å². The molecule has 2 N–H and O–H groups in total. The molecule has 1 amide bonds. The summed E-state index contributed by atoms with van der Waals surface area (Å²) in [5.41, 5.74) is 1.51. The van der Waals surface area contributed by atoms with Crippen molar-refractivity contribution >= 4 is 17.6 Å². The second kappa shape index (κ2) is 7.53. The molecule has 0 fully saturated rings. The van der Waals surface area contributed by atoms with Crippen molar-refractivity contribution in [3.63, 3.8) is 0 Å². The minimum atomic E-state index is -1.05. The van der Waals surface area contributed by atoms with Crippen molar-refractivity contribution < 1.29 is 14.7 Å². The highest BCUT2D eigenvalue weighted by Gasteiger charge is 2.15. The van der Waals surface area contributed by atoms with E-state index in [2.05, 4.69) is 17.1 Å². The fourth-order valence-electron chi connectivity index (χ4n) is 1.73. The Morgan fingerprint density at radius 1 is 1.30 bits per heavy atom. The normalized spacial score (nSPS) is 11.8. The van der Waals surface area contributed by atoms with Crippen molar-refractivity contribution in [3.8, 4) is 0 Å². The minimum Gasteiger partial charge on any atom is -0.480 e. The van der Waals surface area contributed by atoms with E-state index in [4.69, 9.17) is 5.11 Å². The summed E-state index contributed by atoms with van der Waals surface area (Å²) in [6.07, 6.45) is 2.26. The maximum Gasteiger partial charge on any atom is 0.325 e. The van der Waals surface area contributed by atoms with E-state index in [1.165, 1.54) is 6.92 Å². The van der Waals surface area contributed by atoms with Gasteiger partial charge in [-0.2, -0.15) is 0 Å². The summed E-state index contributed by atoms with van der Waals surface area (Å²) in [6, 6.07) is 6.27. The molecule has 20 heavy (non-hydrogen) atoms. The van der Waals surface area contributed by atoms with E-state index in [0.29, 0.717) is 5.56 Å². The van der Waals surface area contributed by atoms with Crippen molar-refractivity contribution in [2.45, 2.75) is 32.7 Å². The van der Waals surface area contributed by atoms with Crippen LogP contribution in [0.15, 0.2) is 24.3 Å². The summed E-state index contributed by atoms with van der Waals surface area (Å²) in [7, 11) is 2.01. The summed E-state index contributed by atoms with van der Waals surface area (Å²) in [5, 5.41) is 11.2. The summed E-state index contributed by atoms with van der Waals surface area (Å²) in [5.74, 6) is -1.42. The molecule has 0 aliphatic heterocycles. The van der Waals surface area contributed by atoms with Crippen LogP contribution in [-0.4, -0.2) is 36.6 Å². The lowest BCUT2D eigenvalue weighted by Crippen LogP contribution is -2.38. The van der Waals surface area contributed by atoms with Crippen LogP contribution in [0.5, 0.6) is 0 Å². The molecule has 1 aromatic rings. The van der Waals surface area contributed by atoms with Gasteiger partial charge in [-0.15, -0.1) is 0 Å². The predicted octanol–water partition coefficient (Wildman–Crippen LogP) is 2.13. The average molecular weight is 278 g/mol. The van der Waals surface area contributed by atoms with Gasteiger partial charge in [0.2, 0.25) is 0 Å². The highest BCUT2D eigenvalue weighted by molar-refractivity contribution is 5.96. The van der Waals surface area contributed by atoms with Gasteiger partial charge in [-0.1, -0.05) is 13.3 Å². The van der Waals surface area contributed by atoms with Crippen molar-refractivity contribution in [2.24, 2.45) is 0 Å². The first-order valence-electron chi connectivity index (χ1n) is 6.80. The van der Waals surface area contributed by atoms with Gasteiger partial charge in [0.1, 0.15) is 6.04 Å². The molecule has 1 atom stereocenters. The summed E-state index contributed by atoms with van der Waals surface area (Å²) in [6.45, 7) is 4.55. The van der Waals surface area contributed by atoms with E-state index in [1.54, 1.807) is 12.1 Å². The Balaban J connectivity index is 2.66. The average Bonchev–Trinajstić information content (AvgIpc) is 2.44. The highest BCUT2D eigenvalue weighted by atomic mass is 16.4. The molecule has 0 spiro atoms. The van der Waals surface area contributed by atoms with Gasteiger partial charge < -0.3 is 15.3 Å². The third-order valence-corrected chi connectivity index (χ3v) is 3.14. The van der Waals surface area contributed by atoms with E-state index in [-0.39, 0.29) is 5.91 Å². The molecule has 0 bridgehead atoms. The summed E-state index contributed by atoms with van der Waals surface area (Å²) >= 11 is 0. The molecule has 0 aliphatic carbocycles. The third-order valence-electron chi connectivity index (χ3n) is 3.14. The zero-order valence-electron chi connectivity index (χ0n) is 12.2. The second-order valence-corrected chi connectivity index (χ2v) is 4.86. The number of benzene rings is 1. The number of rotatable bonds is 7. The van der Waals surface area contributed by atoms with Crippen LogP contribution in [0.4, 0.5) is 5.69 Å². The maximum absolute atomic E-state index is 11.8. The highest BCUT2D eigenvalue weighted by Crippen LogP contribution is 2.14. The van der Waals surface area contributed by atoms with Gasteiger partial charge in [-0.05, 0) is 37.6 Å². The standard InChI is InChI=1S/C15H22N2O3/c1-4-5-10-17(3)13-8-6-12(7-9-13)14(18)16-11(2)15(19)20/h6-9,11H,4-5,10H2,1-3H3,(H,16,18)(H,19,20)/t11-/m1/s1. The number of carboxylic acid groups (broad SMARTS) is 1. The number of anilines is 1. The monoisotopic (exact) mass is 278 g/mol. The number of aliphatic carboxylic acids is 1. The smallest absolute Gasteiger partial charge is 0.325 e. The number of carbonyl (C=O) groups excluding carboxylic acids is 1. The van der Waals surface area contributed by atoms with Crippen LogP contribution in [0.3, 0.4) is 0 Å². The largest absolute Gasteiger partial charge is 0.480 e. The molecule has 0 unspecified atom stereocenters. The molecule has 1 rings (SSSR count). The van der Waals surface area contributed by atoms with Crippen LogP contribution in [-0.2, 0) is 4.79 Å². The quantitative estimate of drug-likeness (QED) is 0.801. The summed E-state index contributed by atoms with van der Waals surface area (Å²) < 4.78 is 0. The lowest BCUT2D eigenvalue weighted by Gasteiger charge is -2.19. The molecule has 5 heteroatoms. The molecule has 0 heterocycles. The Hall–Kier alpha value is -2.04. The SMILES string of the molecule is CCCCN(C)c1ccc(C(=O)N[C@H](C)C(=O)O)cc1. The fourth-order valence-corrected chi connectivity index (χ4v) is 1.73. The number of unbranched alkanes of at least 4 members (excludes halogenated alkanes) is 1. The minimum absolute atomic E-state index is 0.373. The Morgan fingerprint density at radius 2 is 1.90 bits per heavy atom. The molecule has 0 saturated heterocycles. The topological polar surface area (TPSA) is 69.6 Å². The predicted molar refractivity (Wildman–Crippen MR) is 79.2 cm³/mol. The van der Waals surface area contributed by atoms with Gasteiger partial charge in [-0.25, -0.2) is 0 Å². The van der Waals surface area contributed by atoms with Gasteiger partial charge in [-0.3, -0.25) is 9.59 Å². The summed E-state index contributed by atoms with van der Waals surface area (Å²) in [4.78, 5) is 24.6. The number of nitrogens with one attached hydrogen (secondary N) is 1. The first-order valence-corrected chi connectivity index (χ1v) is 6.80. The molecule has 0 aliphatic rings. The number of hydrogen-bond acceptors (Lipinski definition) is 3. The zero-order chi connectivity index (χ0) is 15.1. The van der Waals surface area contributed by atoms with Gasteiger partial charge in [0.15, 0.2) is 0 Å². The maximum atomic E-state index is 11.8. The number of carboxylic acids is 1. The van der Waals surface area contributed by atoms with Crippen molar-refractivity contribution in [1.82, 2.24) is 5.32 Å². The van der Waals surface area contributed by atoms with Crippen LogP contribution in [0, 0.1) is 0 Å². The lowest BCUT2D eigenvalue weighted by atomic mass is 10.1. The number of hydrogen-bond donors (Lipinski definition) is 2. The van der Waals surface area contributed by atoms with E-state index in [1.807, 2.05) is 19.2 Å². The second-order valence-electron chi connectivity index (χ2n) is 4.86. The van der Waals surface area contributed by atoms with Gasteiger partial charge in [0, 0.05) is 24.8 Å². The van der Waals surface area contributed by atoms with Crippen LogP contribution >= 0.6 is 0 Å².